The van der Waals surface area contributed by atoms with Gasteiger partial charge in [-0.1, -0.05) is 65.4 Å². The summed E-state index contributed by atoms with van der Waals surface area (Å²) in [6.07, 6.45) is 0.281. The molecular formula is C27H27N5O4S. The van der Waals surface area contributed by atoms with Gasteiger partial charge in [0.05, 0.1) is 19.9 Å². The minimum Gasteiger partial charge on any atom is -0.497 e. The van der Waals surface area contributed by atoms with Crippen molar-refractivity contribution in [1.29, 1.82) is 0 Å². The number of urea groups is 1. The molecule has 37 heavy (non-hydrogen) atoms. The Morgan fingerprint density at radius 1 is 0.919 bits per heavy atom. The molecule has 3 amide bonds. The number of methoxy groups -OCH3 is 2. The predicted molar refractivity (Wildman–Crippen MR) is 144 cm³/mol. The maximum Gasteiger partial charge on any atom is 0.320 e. The van der Waals surface area contributed by atoms with Gasteiger partial charge in [0.15, 0.2) is 0 Å². The first-order valence-corrected chi connectivity index (χ1v) is 12.3. The molecule has 0 radical (unpaired) electrons. The fraction of sp³-hybridized carbons (Fsp3) is 0.185. The first-order valence-electron chi connectivity index (χ1n) is 11.5. The third-order valence-electron chi connectivity index (χ3n) is 5.48. The van der Waals surface area contributed by atoms with E-state index >= 15 is 0 Å². The van der Waals surface area contributed by atoms with Crippen molar-refractivity contribution in [2.45, 2.75) is 19.4 Å². The summed E-state index contributed by atoms with van der Waals surface area (Å²) in [5.41, 5.74) is 3.35. The molecule has 0 aliphatic heterocycles. The van der Waals surface area contributed by atoms with E-state index in [9.17, 15) is 9.59 Å². The van der Waals surface area contributed by atoms with Crippen LogP contribution in [0.2, 0.25) is 0 Å². The molecule has 0 aliphatic rings. The Kier molecular flexibility index (Phi) is 8.32. The maximum atomic E-state index is 13.3. The third-order valence-corrected chi connectivity index (χ3v) is 6.37. The molecule has 9 nitrogen and oxygen atoms in total. The van der Waals surface area contributed by atoms with Gasteiger partial charge in [-0.15, -0.1) is 10.2 Å². The van der Waals surface area contributed by atoms with Crippen molar-refractivity contribution in [3.63, 3.8) is 0 Å². The zero-order valence-corrected chi connectivity index (χ0v) is 21.5. The second-order valence-corrected chi connectivity index (χ2v) is 9.16. The Labute approximate surface area is 218 Å². The number of carbonyl (C=O) groups excluding carboxylic acids is 2. The fourth-order valence-corrected chi connectivity index (χ4v) is 4.38. The molecule has 0 bridgehead atoms. The van der Waals surface area contributed by atoms with Crippen molar-refractivity contribution in [2.24, 2.45) is 0 Å². The highest BCUT2D eigenvalue weighted by Gasteiger charge is 2.23. The molecule has 4 aromatic rings. The van der Waals surface area contributed by atoms with Crippen LogP contribution in [0.1, 0.15) is 11.1 Å². The summed E-state index contributed by atoms with van der Waals surface area (Å²) >= 11 is 1.27. The van der Waals surface area contributed by atoms with Crippen LogP contribution in [0, 0.1) is 6.92 Å². The van der Waals surface area contributed by atoms with Gasteiger partial charge in [0.1, 0.15) is 22.5 Å². The topological polar surface area (TPSA) is 114 Å². The largest absolute Gasteiger partial charge is 0.497 e. The van der Waals surface area contributed by atoms with E-state index in [4.69, 9.17) is 9.47 Å². The highest BCUT2D eigenvalue weighted by atomic mass is 32.1. The zero-order valence-electron chi connectivity index (χ0n) is 20.6. The molecule has 0 saturated carbocycles. The molecule has 1 atom stereocenters. The summed E-state index contributed by atoms with van der Waals surface area (Å²) in [7, 11) is 3.04. The van der Waals surface area contributed by atoms with Crippen LogP contribution in [0.5, 0.6) is 11.5 Å². The molecule has 0 aliphatic carbocycles. The quantitative estimate of drug-likeness (QED) is 0.291. The van der Waals surface area contributed by atoms with Crippen LogP contribution in [0.25, 0.3) is 10.6 Å². The van der Waals surface area contributed by atoms with Gasteiger partial charge in [0.2, 0.25) is 11.0 Å². The number of benzene rings is 3. The summed E-state index contributed by atoms with van der Waals surface area (Å²) in [5, 5.41) is 17.7. The van der Waals surface area contributed by atoms with E-state index in [0.29, 0.717) is 27.3 Å². The van der Waals surface area contributed by atoms with Crippen LogP contribution in [-0.4, -0.2) is 42.4 Å². The second-order valence-electron chi connectivity index (χ2n) is 8.18. The van der Waals surface area contributed by atoms with Crippen molar-refractivity contribution in [3.05, 3.63) is 83.9 Å². The van der Waals surface area contributed by atoms with Gasteiger partial charge in [0, 0.05) is 18.1 Å². The van der Waals surface area contributed by atoms with Gasteiger partial charge in [-0.2, -0.15) is 0 Å². The Morgan fingerprint density at radius 2 is 1.73 bits per heavy atom. The Balaban J connectivity index is 1.49. The van der Waals surface area contributed by atoms with Gasteiger partial charge >= 0.3 is 6.03 Å². The van der Waals surface area contributed by atoms with E-state index in [1.807, 2.05) is 61.5 Å². The Bertz CT molecular complexity index is 1380. The van der Waals surface area contributed by atoms with Crippen LogP contribution in [-0.2, 0) is 11.2 Å². The molecule has 3 N–H and O–H groups in total. The summed E-state index contributed by atoms with van der Waals surface area (Å²) in [6, 6.07) is 20.9. The molecule has 1 heterocycles. The third kappa shape index (κ3) is 6.83. The van der Waals surface area contributed by atoms with Gasteiger partial charge in [0.25, 0.3) is 0 Å². The lowest BCUT2D eigenvalue weighted by atomic mass is 10.1. The van der Waals surface area contributed by atoms with Crippen LogP contribution >= 0.6 is 11.3 Å². The van der Waals surface area contributed by atoms with Crippen molar-refractivity contribution in [3.8, 4) is 22.1 Å². The number of rotatable bonds is 9. The lowest BCUT2D eigenvalue weighted by Gasteiger charge is -2.19. The van der Waals surface area contributed by atoms with E-state index < -0.39 is 18.0 Å². The molecule has 0 fully saturated rings. The number of amides is 3. The van der Waals surface area contributed by atoms with Crippen molar-refractivity contribution in [1.82, 2.24) is 15.5 Å². The molecule has 190 valence electrons. The van der Waals surface area contributed by atoms with Crippen molar-refractivity contribution in [2.75, 3.05) is 24.9 Å². The smallest absolute Gasteiger partial charge is 0.320 e. The monoisotopic (exact) mass is 517 g/mol. The summed E-state index contributed by atoms with van der Waals surface area (Å²) in [6.45, 7) is 2.00. The molecule has 4 rings (SSSR count). The first-order chi connectivity index (χ1) is 17.9. The maximum absolute atomic E-state index is 13.3. The number of ether oxygens (including phenoxy) is 2. The van der Waals surface area contributed by atoms with Crippen LogP contribution in [0.4, 0.5) is 15.6 Å². The summed E-state index contributed by atoms with van der Waals surface area (Å²) < 4.78 is 10.5. The van der Waals surface area contributed by atoms with Gasteiger partial charge in [-0.25, -0.2) is 4.79 Å². The fourth-order valence-electron chi connectivity index (χ4n) is 3.64. The van der Waals surface area contributed by atoms with Gasteiger partial charge in [-0.05, 0) is 30.7 Å². The summed E-state index contributed by atoms with van der Waals surface area (Å²) in [4.78, 5) is 26.2. The van der Waals surface area contributed by atoms with Crippen molar-refractivity contribution >= 4 is 34.1 Å². The molecule has 0 spiro atoms. The van der Waals surface area contributed by atoms with E-state index in [2.05, 4.69) is 26.1 Å². The van der Waals surface area contributed by atoms with Gasteiger partial charge in [-0.3, -0.25) is 10.1 Å². The Morgan fingerprint density at radius 3 is 2.46 bits per heavy atom. The standard InChI is InChI=1S/C27H27N5O4S/c1-17-8-7-11-19(14-17)25-31-32-27(37-25)30-24(33)22(15-18-9-5-4-6-10-18)29-26(34)28-21-13-12-20(35-2)16-23(21)36-3/h4-14,16,22H,15H2,1-3H3,(H2,28,29,34)(H,30,32,33). The number of hydrogen-bond donors (Lipinski definition) is 3. The lowest BCUT2D eigenvalue weighted by Crippen LogP contribution is -2.47. The number of anilines is 2. The minimum atomic E-state index is -0.877. The van der Waals surface area contributed by atoms with E-state index in [-0.39, 0.29) is 6.42 Å². The number of hydrogen-bond acceptors (Lipinski definition) is 7. The highest BCUT2D eigenvalue weighted by Crippen LogP contribution is 2.29. The zero-order chi connectivity index (χ0) is 26.2. The number of carbonyl (C=O) groups is 2. The lowest BCUT2D eigenvalue weighted by molar-refractivity contribution is -0.117. The molecule has 3 aromatic carbocycles. The van der Waals surface area contributed by atoms with Crippen LogP contribution in [0.3, 0.4) is 0 Å². The number of aryl methyl sites for hydroxylation is 1. The molecule has 0 saturated heterocycles. The van der Waals surface area contributed by atoms with Crippen molar-refractivity contribution < 1.29 is 19.1 Å². The van der Waals surface area contributed by atoms with Gasteiger partial charge < -0.3 is 20.1 Å². The van der Waals surface area contributed by atoms with E-state index in [1.165, 1.54) is 18.4 Å². The molecule has 1 aromatic heterocycles. The SMILES string of the molecule is COc1ccc(NC(=O)NC(Cc2ccccc2)C(=O)Nc2nnc(-c3cccc(C)c3)s2)c(OC)c1. The van der Waals surface area contributed by atoms with Crippen LogP contribution in [0.15, 0.2) is 72.8 Å². The minimum absolute atomic E-state index is 0.281. The first kappa shape index (κ1) is 25.6. The highest BCUT2D eigenvalue weighted by molar-refractivity contribution is 7.18. The van der Waals surface area contributed by atoms with E-state index in [1.54, 1.807) is 25.3 Å². The average molecular weight is 518 g/mol. The molecule has 1 unspecified atom stereocenters. The predicted octanol–water partition coefficient (Wildman–Crippen LogP) is 4.90. The number of nitrogens with zero attached hydrogens (tertiary/aromatic N) is 2. The van der Waals surface area contributed by atoms with E-state index in [0.717, 1.165) is 16.7 Å². The Hall–Kier alpha value is -4.44. The number of nitrogens with one attached hydrogen (secondary N) is 3. The van der Waals surface area contributed by atoms with Crippen LogP contribution < -0.4 is 25.4 Å². The summed E-state index contributed by atoms with van der Waals surface area (Å²) in [5.74, 6) is 0.606. The average Bonchev–Trinajstić information content (AvgIpc) is 3.37. The second kappa shape index (κ2) is 12.0. The number of aromatic nitrogens is 2. The molecular weight excluding hydrogens is 490 g/mol. The molecule has 10 heteroatoms. The normalized spacial score (nSPS) is 11.3.